The first-order chi connectivity index (χ1) is 10.1. The summed E-state index contributed by atoms with van der Waals surface area (Å²) in [6.07, 6.45) is 0. The summed E-state index contributed by atoms with van der Waals surface area (Å²) in [5, 5.41) is 2.24. The van der Waals surface area contributed by atoms with Gasteiger partial charge in [-0.2, -0.15) is 0 Å². The summed E-state index contributed by atoms with van der Waals surface area (Å²) in [7, 11) is 0. The van der Waals surface area contributed by atoms with Crippen LogP contribution < -0.4 is 10.5 Å². The number of fused-ring (bicyclic) bond motifs is 1. The average Bonchev–Trinajstić information content (AvgIpc) is 2.48. The number of rotatable bonds is 3. The van der Waals surface area contributed by atoms with Gasteiger partial charge in [0.1, 0.15) is 11.5 Å². The Balaban J connectivity index is 1.87. The van der Waals surface area contributed by atoms with Crippen molar-refractivity contribution in [3.05, 3.63) is 70.7 Å². The molecular formula is C17H12BrNO2. The molecule has 0 aliphatic heterocycles. The quantitative estimate of drug-likeness (QED) is 0.762. The molecule has 0 spiro atoms. The Hall–Kier alpha value is -2.33. The third-order valence-corrected chi connectivity index (χ3v) is 3.64. The van der Waals surface area contributed by atoms with Crippen molar-refractivity contribution < 1.29 is 9.53 Å². The van der Waals surface area contributed by atoms with Crippen molar-refractivity contribution in [2.45, 2.75) is 0 Å². The van der Waals surface area contributed by atoms with Gasteiger partial charge in [-0.25, -0.2) is 0 Å². The van der Waals surface area contributed by atoms with Gasteiger partial charge in [-0.05, 0) is 59.3 Å². The molecule has 21 heavy (non-hydrogen) atoms. The van der Waals surface area contributed by atoms with Crippen LogP contribution in [-0.2, 0) is 0 Å². The van der Waals surface area contributed by atoms with Gasteiger partial charge in [0.15, 0.2) is 0 Å². The van der Waals surface area contributed by atoms with Crippen molar-refractivity contribution in [3.8, 4) is 11.5 Å². The monoisotopic (exact) mass is 341 g/mol. The molecule has 2 N–H and O–H groups in total. The SMILES string of the molecule is NC(=O)c1ccc(Oc2ccc3cc(Br)ccc3c2)cc1. The average molecular weight is 342 g/mol. The molecule has 3 aromatic rings. The summed E-state index contributed by atoms with van der Waals surface area (Å²) in [5.41, 5.74) is 5.67. The predicted molar refractivity (Wildman–Crippen MR) is 86.7 cm³/mol. The molecule has 0 saturated heterocycles. The van der Waals surface area contributed by atoms with E-state index in [0.717, 1.165) is 21.0 Å². The molecule has 0 bridgehead atoms. The zero-order chi connectivity index (χ0) is 14.8. The van der Waals surface area contributed by atoms with Crippen LogP contribution in [0.3, 0.4) is 0 Å². The Morgan fingerprint density at radius 1 is 0.857 bits per heavy atom. The summed E-state index contributed by atoms with van der Waals surface area (Å²) in [6, 6.07) is 18.7. The van der Waals surface area contributed by atoms with Gasteiger partial charge in [0.25, 0.3) is 0 Å². The molecule has 0 heterocycles. The Kier molecular flexibility index (Phi) is 3.62. The second-order valence-corrected chi connectivity index (χ2v) is 5.56. The molecule has 0 fully saturated rings. The number of halogens is 1. The van der Waals surface area contributed by atoms with E-state index in [9.17, 15) is 4.79 Å². The number of carbonyl (C=O) groups is 1. The molecule has 0 aliphatic carbocycles. The minimum Gasteiger partial charge on any atom is -0.457 e. The van der Waals surface area contributed by atoms with Crippen LogP contribution in [0.1, 0.15) is 10.4 Å². The molecule has 104 valence electrons. The van der Waals surface area contributed by atoms with E-state index in [1.807, 2.05) is 30.3 Å². The maximum atomic E-state index is 11.0. The van der Waals surface area contributed by atoms with Gasteiger partial charge in [-0.15, -0.1) is 0 Å². The number of nitrogens with two attached hydrogens (primary N) is 1. The van der Waals surface area contributed by atoms with E-state index >= 15 is 0 Å². The first-order valence-corrected chi connectivity index (χ1v) is 7.18. The van der Waals surface area contributed by atoms with Crippen molar-refractivity contribution in [3.63, 3.8) is 0 Å². The molecule has 0 unspecified atom stereocenters. The standard InChI is InChI=1S/C17H12BrNO2/c18-14-5-1-13-10-16(8-4-12(13)9-14)21-15-6-2-11(3-7-15)17(19)20/h1-10H,(H2,19,20). The zero-order valence-corrected chi connectivity index (χ0v) is 12.6. The number of carbonyl (C=O) groups excluding carboxylic acids is 1. The highest BCUT2D eigenvalue weighted by Crippen LogP contribution is 2.27. The topological polar surface area (TPSA) is 52.3 Å². The first kappa shape index (κ1) is 13.6. The van der Waals surface area contributed by atoms with Crippen molar-refractivity contribution in [2.75, 3.05) is 0 Å². The van der Waals surface area contributed by atoms with Crippen LogP contribution in [-0.4, -0.2) is 5.91 Å². The van der Waals surface area contributed by atoms with Crippen LogP contribution in [0.4, 0.5) is 0 Å². The Morgan fingerprint density at radius 2 is 1.48 bits per heavy atom. The molecule has 3 rings (SSSR count). The lowest BCUT2D eigenvalue weighted by molar-refractivity contribution is 0.100. The Bertz CT molecular complexity index is 813. The maximum Gasteiger partial charge on any atom is 0.248 e. The largest absolute Gasteiger partial charge is 0.457 e. The van der Waals surface area contributed by atoms with E-state index in [0.29, 0.717) is 11.3 Å². The molecule has 0 radical (unpaired) electrons. The number of hydrogen-bond donors (Lipinski definition) is 1. The van der Waals surface area contributed by atoms with Gasteiger partial charge in [0, 0.05) is 10.0 Å². The molecule has 3 aromatic carbocycles. The van der Waals surface area contributed by atoms with E-state index in [-0.39, 0.29) is 0 Å². The third kappa shape index (κ3) is 3.06. The van der Waals surface area contributed by atoms with Crippen LogP contribution in [0.15, 0.2) is 65.1 Å². The number of amides is 1. The molecule has 0 aliphatic rings. The van der Waals surface area contributed by atoms with E-state index < -0.39 is 5.91 Å². The highest BCUT2D eigenvalue weighted by atomic mass is 79.9. The van der Waals surface area contributed by atoms with E-state index in [2.05, 4.69) is 22.0 Å². The summed E-state index contributed by atoms with van der Waals surface area (Å²) in [4.78, 5) is 11.0. The summed E-state index contributed by atoms with van der Waals surface area (Å²) in [6.45, 7) is 0. The van der Waals surface area contributed by atoms with Gasteiger partial charge in [0.2, 0.25) is 5.91 Å². The normalized spacial score (nSPS) is 10.5. The smallest absolute Gasteiger partial charge is 0.248 e. The lowest BCUT2D eigenvalue weighted by Gasteiger charge is -2.07. The molecule has 3 nitrogen and oxygen atoms in total. The summed E-state index contributed by atoms with van der Waals surface area (Å²) in [5.74, 6) is 0.964. The lowest BCUT2D eigenvalue weighted by atomic mass is 10.1. The molecule has 0 aromatic heterocycles. The van der Waals surface area contributed by atoms with E-state index in [4.69, 9.17) is 10.5 Å². The highest BCUT2D eigenvalue weighted by Gasteiger charge is 2.03. The van der Waals surface area contributed by atoms with Gasteiger partial charge in [-0.1, -0.05) is 28.1 Å². The fourth-order valence-electron chi connectivity index (χ4n) is 2.08. The second-order valence-electron chi connectivity index (χ2n) is 4.64. The fourth-order valence-corrected chi connectivity index (χ4v) is 2.46. The minimum atomic E-state index is -0.446. The summed E-state index contributed by atoms with van der Waals surface area (Å²) >= 11 is 3.45. The van der Waals surface area contributed by atoms with Crippen molar-refractivity contribution in [1.82, 2.24) is 0 Å². The zero-order valence-electron chi connectivity index (χ0n) is 11.0. The fraction of sp³-hybridized carbons (Fsp3) is 0. The number of benzene rings is 3. The van der Waals surface area contributed by atoms with Crippen molar-refractivity contribution in [1.29, 1.82) is 0 Å². The van der Waals surface area contributed by atoms with Crippen LogP contribution >= 0.6 is 15.9 Å². The third-order valence-electron chi connectivity index (χ3n) is 3.15. The van der Waals surface area contributed by atoms with Crippen LogP contribution in [0.2, 0.25) is 0 Å². The van der Waals surface area contributed by atoms with Gasteiger partial charge < -0.3 is 10.5 Å². The molecular weight excluding hydrogens is 330 g/mol. The van der Waals surface area contributed by atoms with Crippen LogP contribution in [0.5, 0.6) is 11.5 Å². The molecule has 0 saturated carbocycles. The lowest BCUT2D eigenvalue weighted by Crippen LogP contribution is -2.10. The molecule has 1 amide bonds. The van der Waals surface area contributed by atoms with E-state index in [1.54, 1.807) is 24.3 Å². The number of primary amides is 1. The predicted octanol–water partition coefficient (Wildman–Crippen LogP) is 4.49. The van der Waals surface area contributed by atoms with Crippen molar-refractivity contribution in [2.24, 2.45) is 5.73 Å². The van der Waals surface area contributed by atoms with Gasteiger partial charge in [0.05, 0.1) is 0 Å². The Labute approximate surface area is 130 Å². The molecule has 0 atom stereocenters. The number of hydrogen-bond acceptors (Lipinski definition) is 2. The summed E-state index contributed by atoms with van der Waals surface area (Å²) < 4.78 is 6.83. The van der Waals surface area contributed by atoms with Gasteiger partial charge in [-0.3, -0.25) is 4.79 Å². The highest BCUT2D eigenvalue weighted by molar-refractivity contribution is 9.10. The second kappa shape index (κ2) is 5.58. The Morgan fingerprint density at radius 3 is 2.19 bits per heavy atom. The maximum absolute atomic E-state index is 11.0. The first-order valence-electron chi connectivity index (χ1n) is 6.39. The van der Waals surface area contributed by atoms with Gasteiger partial charge >= 0.3 is 0 Å². The van der Waals surface area contributed by atoms with Crippen LogP contribution in [0, 0.1) is 0 Å². The minimum absolute atomic E-state index is 0.446. The van der Waals surface area contributed by atoms with Crippen molar-refractivity contribution >= 4 is 32.6 Å². The molecule has 4 heteroatoms. The van der Waals surface area contributed by atoms with Crippen LogP contribution in [0.25, 0.3) is 10.8 Å². The van der Waals surface area contributed by atoms with E-state index in [1.165, 1.54) is 0 Å². The number of ether oxygens (including phenoxy) is 1.